The van der Waals surface area contributed by atoms with Crippen molar-refractivity contribution in [3.05, 3.63) is 90.5 Å². The van der Waals surface area contributed by atoms with Gasteiger partial charge in [0.05, 0.1) is 11.2 Å². The number of hydrogen-bond donors (Lipinski definition) is 1. The van der Waals surface area contributed by atoms with Crippen LogP contribution in [-0.2, 0) is 4.65 Å². The molecule has 0 saturated heterocycles. The maximum absolute atomic E-state index is 10.4. The third-order valence-electron chi connectivity index (χ3n) is 7.23. The lowest BCUT2D eigenvalue weighted by Crippen LogP contribution is -2.49. The van der Waals surface area contributed by atoms with Gasteiger partial charge in [0.15, 0.2) is 0 Å². The summed E-state index contributed by atoms with van der Waals surface area (Å²) >= 11 is 0. The second kappa shape index (κ2) is 8.61. The zero-order chi connectivity index (χ0) is 23.9. The van der Waals surface area contributed by atoms with E-state index in [1.807, 2.05) is 19.9 Å². The third kappa shape index (κ3) is 4.24. The van der Waals surface area contributed by atoms with Crippen LogP contribution in [0.25, 0.3) is 33.1 Å². The van der Waals surface area contributed by atoms with Gasteiger partial charge in [-0.1, -0.05) is 66.8 Å². The maximum Gasteiger partial charge on any atom is 0.309 e. The van der Waals surface area contributed by atoms with Gasteiger partial charge in [0.1, 0.15) is 11.2 Å². The molecule has 4 heteroatoms. The number of benzene rings is 3. The summed E-state index contributed by atoms with van der Waals surface area (Å²) < 4.78 is 12.6. The molecule has 34 heavy (non-hydrogen) atoms. The molecule has 0 aliphatic heterocycles. The Morgan fingerprint density at radius 3 is 2.41 bits per heavy atom. The first-order chi connectivity index (χ1) is 16.2. The molecule has 5 rings (SSSR count). The van der Waals surface area contributed by atoms with Crippen LogP contribution in [0.4, 0.5) is 0 Å². The van der Waals surface area contributed by atoms with Gasteiger partial charge in [0.25, 0.3) is 0 Å². The van der Waals surface area contributed by atoms with Crippen LogP contribution in [-0.4, -0.2) is 23.8 Å². The van der Waals surface area contributed by atoms with Crippen molar-refractivity contribution in [1.29, 1.82) is 0 Å². The van der Waals surface area contributed by atoms with Gasteiger partial charge in [-0.3, -0.25) is 0 Å². The largest absolute Gasteiger partial charge is 0.456 e. The second-order valence-corrected chi connectivity index (χ2v) is 10.3. The zero-order valence-corrected chi connectivity index (χ0v) is 20.3. The number of allylic oxidation sites excluding steroid dienone is 4. The van der Waals surface area contributed by atoms with Gasteiger partial charge in [-0.05, 0) is 68.9 Å². The van der Waals surface area contributed by atoms with Crippen LogP contribution in [0.15, 0.2) is 89.4 Å². The van der Waals surface area contributed by atoms with Gasteiger partial charge in [0, 0.05) is 22.3 Å². The van der Waals surface area contributed by atoms with Gasteiger partial charge in [-0.2, -0.15) is 0 Å². The summed E-state index contributed by atoms with van der Waals surface area (Å²) in [5, 5.41) is 12.7. The van der Waals surface area contributed by atoms with E-state index < -0.39 is 11.2 Å². The number of fused-ring (bicyclic) bond motifs is 3. The fourth-order valence-corrected chi connectivity index (χ4v) is 4.36. The van der Waals surface area contributed by atoms with Crippen molar-refractivity contribution >= 4 is 34.9 Å². The quantitative estimate of drug-likeness (QED) is 0.346. The second-order valence-electron chi connectivity index (χ2n) is 10.3. The van der Waals surface area contributed by atoms with Crippen molar-refractivity contribution in [3.63, 3.8) is 0 Å². The van der Waals surface area contributed by atoms with E-state index in [1.54, 1.807) is 13.8 Å². The highest BCUT2D eigenvalue weighted by atomic mass is 16.5. The Bertz CT molecular complexity index is 1390. The monoisotopic (exact) mass is 450 g/mol. The van der Waals surface area contributed by atoms with Gasteiger partial charge in [0.2, 0.25) is 0 Å². The Labute approximate surface area is 202 Å². The van der Waals surface area contributed by atoms with Crippen LogP contribution >= 0.6 is 0 Å². The van der Waals surface area contributed by atoms with Crippen molar-refractivity contribution in [2.75, 3.05) is 0 Å². The zero-order valence-electron chi connectivity index (χ0n) is 20.3. The molecule has 0 radical (unpaired) electrons. The molecule has 1 aliphatic rings. The van der Waals surface area contributed by atoms with Gasteiger partial charge < -0.3 is 14.2 Å². The fourth-order valence-electron chi connectivity index (χ4n) is 4.36. The highest BCUT2D eigenvalue weighted by molar-refractivity contribution is 6.47. The van der Waals surface area contributed by atoms with E-state index in [4.69, 9.17) is 9.07 Å². The minimum absolute atomic E-state index is 0.284. The Kier molecular flexibility index (Phi) is 5.75. The number of hydrogen-bond acceptors (Lipinski definition) is 3. The molecule has 3 aromatic carbocycles. The van der Waals surface area contributed by atoms with E-state index in [1.165, 1.54) is 16.7 Å². The van der Waals surface area contributed by atoms with Crippen molar-refractivity contribution in [3.8, 4) is 11.1 Å². The summed E-state index contributed by atoms with van der Waals surface area (Å²) in [6, 6.07) is 21.3. The van der Waals surface area contributed by atoms with Crippen LogP contribution in [0.2, 0.25) is 0 Å². The molecule has 0 saturated carbocycles. The van der Waals surface area contributed by atoms with Crippen molar-refractivity contribution < 1.29 is 14.2 Å². The lowest BCUT2D eigenvalue weighted by Gasteiger charge is -2.37. The number of rotatable bonds is 6. The molecule has 172 valence electrons. The normalized spacial score (nSPS) is 16.4. The summed E-state index contributed by atoms with van der Waals surface area (Å²) in [5.41, 5.74) is 4.84. The average molecular weight is 450 g/mol. The van der Waals surface area contributed by atoms with Crippen LogP contribution in [0, 0.1) is 0 Å². The summed E-state index contributed by atoms with van der Waals surface area (Å²) in [5.74, 6) is 0.284. The molecule has 0 amide bonds. The smallest absolute Gasteiger partial charge is 0.309 e. The molecule has 1 heterocycles. The standard InChI is InChI=1S/C30H31BO3/c1-29(2,32)30(3,4)34-31-23-15-16-24-26-18-22(20-11-7-5-8-12-20)17-25(21-13-9-6-10-14-21)28(26)33-27(24)19-23/h5-13,15-19,21,31-32H,14H2,1-4H3. The van der Waals surface area contributed by atoms with E-state index in [9.17, 15) is 5.11 Å². The third-order valence-corrected chi connectivity index (χ3v) is 7.23. The molecular weight excluding hydrogens is 419 g/mol. The first-order valence-electron chi connectivity index (χ1n) is 12.0. The molecule has 0 fully saturated rings. The van der Waals surface area contributed by atoms with Crippen LogP contribution in [0.5, 0.6) is 0 Å². The molecule has 0 spiro atoms. The van der Waals surface area contributed by atoms with Crippen molar-refractivity contribution in [2.24, 2.45) is 0 Å². The molecule has 0 bridgehead atoms. The van der Waals surface area contributed by atoms with E-state index in [0.29, 0.717) is 7.48 Å². The van der Waals surface area contributed by atoms with E-state index in [2.05, 4.69) is 78.9 Å². The molecule has 4 aromatic rings. The summed E-state index contributed by atoms with van der Waals surface area (Å²) in [6.45, 7) is 7.37. The van der Waals surface area contributed by atoms with Gasteiger partial charge >= 0.3 is 7.48 Å². The Hall–Kier alpha value is -3.08. The fraction of sp³-hybridized carbons (Fsp3) is 0.267. The highest BCUT2D eigenvalue weighted by Gasteiger charge is 2.35. The number of aliphatic hydroxyl groups is 1. The van der Waals surface area contributed by atoms with Gasteiger partial charge in [-0.15, -0.1) is 0 Å². The van der Waals surface area contributed by atoms with Crippen LogP contribution in [0.3, 0.4) is 0 Å². The predicted octanol–water partition coefficient (Wildman–Crippen LogP) is 6.40. The van der Waals surface area contributed by atoms with Crippen molar-refractivity contribution in [1.82, 2.24) is 0 Å². The SMILES string of the molecule is CC(C)(O)C(C)(C)OBc1ccc2c(c1)oc1c(C3C=CC=CC3)cc(-c3ccccc3)cc12. The Morgan fingerprint density at radius 1 is 0.912 bits per heavy atom. The Balaban J connectivity index is 1.60. The first-order valence-corrected chi connectivity index (χ1v) is 12.0. The maximum atomic E-state index is 10.4. The molecule has 1 unspecified atom stereocenters. The van der Waals surface area contributed by atoms with E-state index in [-0.39, 0.29) is 5.92 Å². The lowest BCUT2D eigenvalue weighted by atomic mass is 9.82. The minimum atomic E-state index is -0.943. The summed E-state index contributed by atoms with van der Waals surface area (Å²) in [7, 11) is 0.405. The molecule has 1 aromatic heterocycles. The lowest BCUT2D eigenvalue weighted by molar-refractivity contribution is -0.0893. The predicted molar refractivity (Wildman–Crippen MR) is 143 cm³/mol. The minimum Gasteiger partial charge on any atom is -0.456 e. The van der Waals surface area contributed by atoms with E-state index in [0.717, 1.165) is 33.8 Å². The molecule has 1 N–H and O–H groups in total. The molecule has 1 atom stereocenters. The average Bonchev–Trinajstić information content (AvgIpc) is 3.20. The molecular formula is C30H31BO3. The van der Waals surface area contributed by atoms with Gasteiger partial charge in [-0.25, -0.2) is 0 Å². The summed E-state index contributed by atoms with van der Waals surface area (Å²) in [4.78, 5) is 0. The number of furan rings is 1. The molecule has 1 aliphatic carbocycles. The topological polar surface area (TPSA) is 42.6 Å². The first kappa shape index (κ1) is 22.7. The van der Waals surface area contributed by atoms with Crippen molar-refractivity contribution in [2.45, 2.75) is 51.2 Å². The highest BCUT2D eigenvalue weighted by Crippen LogP contribution is 2.39. The molecule has 3 nitrogen and oxygen atoms in total. The van der Waals surface area contributed by atoms with Crippen LogP contribution < -0.4 is 5.46 Å². The summed E-state index contributed by atoms with van der Waals surface area (Å²) in [6.07, 6.45) is 9.67. The van der Waals surface area contributed by atoms with Crippen LogP contribution in [0.1, 0.15) is 45.6 Å². The van der Waals surface area contributed by atoms with E-state index >= 15 is 0 Å². The Morgan fingerprint density at radius 2 is 1.71 bits per heavy atom.